The fraction of sp³-hybridized carbons (Fsp3) is 0.450. The van der Waals surface area contributed by atoms with Crippen LogP contribution in [0.15, 0.2) is 24.4 Å². The van der Waals surface area contributed by atoms with Gasteiger partial charge in [-0.1, -0.05) is 12.8 Å². The molecule has 0 unspecified atom stereocenters. The second-order valence-electron chi connectivity index (χ2n) is 7.65. The molecule has 0 radical (unpaired) electrons. The van der Waals surface area contributed by atoms with Gasteiger partial charge in [0.15, 0.2) is 11.6 Å². The number of carbonyl (C=O) groups excluding carboxylic acids is 1. The van der Waals surface area contributed by atoms with Gasteiger partial charge in [0, 0.05) is 23.7 Å². The largest absolute Gasteiger partial charge is 0.365 e. The number of rotatable bonds is 6. The zero-order valence-corrected chi connectivity index (χ0v) is 15.6. The van der Waals surface area contributed by atoms with E-state index in [2.05, 4.69) is 20.6 Å². The lowest BCUT2D eigenvalue weighted by Crippen LogP contribution is -2.43. The summed E-state index contributed by atoms with van der Waals surface area (Å²) in [5, 5.41) is 6.15. The molecule has 8 heteroatoms. The molecule has 2 aromatic rings. The second kappa shape index (κ2) is 7.71. The van der Waals surface area contributed by atoms with Crippen molar-refractivity contribution < 1.29 is 9.18 Å². The molecule has 2 aliphatic rings. The van der Waals surface area contributed by atoms with E-state index in [4.69, 9.17) is 11.5 Å². The Kier molecular flexibility index (Phi) is 5.13. The molecule has 2 aromatic heterocycles. The lowest BCUT2D eigenvalue weighted by molar-refractivity contribution is 0.100. The van der Waals surface area contributed by atoms with Crippen LogP contribution in [0.5, 0.6) is 0 Å². The Labute approximate surface area is 163 Å². The van der Waals surface area contributed by atoms with Crippen molar-refractivity contribution >= 4 is 23.2 Å². The van der Waals surface area contributed by atoms with Crippen LogP contribution in [-0.4, -0.2) is 28.0 Å². The molecule has 7 nitrogen and oxygen atoms in total. The predicted molar refractivity (Wildman–Crippen MR) is 106 cm³/mol. The van der Waals surface area contributed by atoms with Crippen molar-refractivity contribution in [2.45, 2.75) is 56.5 Å². The van der Waals surface area contributed by atoms with Crippen LogP contribution >= 0.6 is 0 Å². The third kappa shape index (κ3) is 4.06. The topological polar surface area (TPSA) is 119 Å². The molecule has 4 rings (SSSR count). The summed E-state index contributed by atoms with van der Waals surface area (Å²) in [5.41, 5.74) is 13.3. The summed E-state index contributed by atoms with van der Waals surface area (Å²) in [7, 11) is 0. The van der Waals surface area contributed by atoms with E-state index in [1.54, 1.807) is 6.20 Å². The number of nitrogens with zero attached hydrogens (tertiary/aromatic N) is 2. The van der Waals surface area contributed by atoms with Gasteiger partial charge in [0.1, 0.15) is 5.82 Å². The molecule has 0 spiro atoms. The molecule has 0 aromatic carbocycles. The SMILES string of the molecule is NC(=O)c1cc(F)c(N[C@@H]2CCCC[C@@H]2N)nc1Nc1ccc(C2CC2)nc1. The normalized spacial score (nSPS) is 21.9. The molecule has 2 aliphatic carbocycles. The molecule has 0 bridgehead atoms. The zero-order chi connectivity index (χ0) is 19.7. The van der Waals surface area contributed by atoms with Crippen molar-refractivity contribution in [3.8, 4) is 0 Å². The highest BCUT2D eigenvalue weighted by atomic mass is 19.1. The van der Waals surface area contributed by atoms with Crippen LogP contribution in [-0.2, 0) is 0 Å². The number of carbonyl (C=O) groups is 1. The molecule has 1 amide bonds. The van der Waals surface area contributed by atoms with Crippen molar-refractivity contribution in [1.82, 2.24) is 9.97 Å². The summed E-state index contributed by atoms with van der Waals surface area (Å²) in [4.78, 5) is 20.5. The van der Waals surface area contributed by atoms with Crippen LogP contribution in [0.2, 0.25) is 0 Å². The zero-order valence-electron chi connectivity index (χ0n) is 15.6. The summed E-state index contributed by atoms with van der Waals surface area (Å²) in [6.45, 7) is 0. The number of anilines is 3. The quantitative estimate of drug-likeness (QED) is 0.608. The van der Waals surface area contributed by atoms with Crippen LogP contribution in [0.3, 0.4) is 0 Å². The van der Waals surface area contributed by atoms with Gasteiger partial charge in [0.25, 0.3) is 5.91 Å². The second-order valence-corrected chi connectivity index (χ2v) is 7.65. The van der Waals surface area contributed by atoms with Gasteiger partial charge in [-0.3, -0.25) is 9.78 Å². The van der Waals surface area contributed by atoms with E-state index in [1.165, 1.54) is 12.8 Å². The van der Waals surface area contributed by atoms with Crippen molar-refractivity contribution in [2.24, 2.45) is 11.5 Å². The molecular weight excluding hydrogens is 359 g/mol. The summed E-state index contributed by atoms with van der Waals surface area (Å²) in [6.07, 6.45) is 7.89. The number of primary amides is 1. The number of aromatic nitrogens is 2. The van der Waals surface area contributed by atoms with Gasteiger partial charge in [-0.15, -0.1) is 0 Å². The van der Waals surface area contributed by atoms with Crippen LogP contribution in [0.1, 0.15) is 60.5 Å². The Morgan fingerprint density at radius 3 is 2.57 bits per heavy atom. The van der Waals surface area contributed by atoms with E-state index in [1.807, 2.05) is 12.1 Å². The molecule has 2 atom stereocenters. The first-order chi connectivity index (χ1) is 13.5. The number of nitrogens with one attached hydrogen (secondary N) is 2. The molecule has 148 valence electrons. The lowest BCUT2D eigenvalue weighted by Gasteiger charge is -2.30. The molecule has 6 N–H and O–H groups in total. The third-order valence-electron chi connectivity index (χ3n) is 5.43. The third-order valence-corrected chi connectivity index (χ3v) is 5.43. The first-order valence-corrected chi connectivity index (χ1v) is 9.76. The van der Waals surface area contributed by atoms with Crippen molar-refractivity contribution in [2.75, 3.05) is 10.6 Å². The standard InChI is InChI=1S/C20H25FN6O/c21-14-9-13(18(23)28)19(25-12-7-8-16(24-10-12)11-5-6-11)27-20(14)26-17-4-2-1-3-15(17)22/h7-11,15,17H,1-6,22H2,(H2,23,28)(H2,25,26,27)/t15-,17+/m0/s1. The number of hydrogen-bond acceptors (Lipinski definition) is 6. The van der Waals surface area contributed by atoms with Gasteiger partial charge < -0.3 is 22.1 Å². The maximum absolute atomic E-state index is 14.5. The molecule has 2 heterocycles. The van der Waals surface area contributed by atoms with E-state index >= 15 is 0 Å². The molecule has 2 saturated carbocycles. The van der Waals surface area contributed by atoms with Crippen LogP contribution in [0.4, 0.5) is 21.7 Å². The first-order valence-electron chi connectivity index (χ1n) is 9.76. The Morgan fingerprint density at radius 1 is 1.14 bits per heavy atom. The van der Waals surface area contributed by atoms with Gasteiger partial charge in [-0.25, -0.2) is 9.37 Å². The van der Waals surface area contributed by atoms with Gasteiger partial charge in [-0.2, -0.15) is 0 Å². The van der Waals surface area contributed by atoms with Gasteiger partial charge in [0.2, 0.25) is 0 Å². The summed E-state index contributed by atoms with van der Waals surface area (Å²) < 4.78 is 14.5. The first kappa shape index (κ1) is 18.6. The maximum Gasteiger partial charge on any atom is 0.252 e. The highest BCUT2D eigenvalue weighted by Crippen LogP contribution is 2.39. The summed E-state index contributed by atoms with van der Waals surface area (Å²) in [6, 6.07) is 4.83. The van der Waals surface area contributed by atoms with Crippen molar-refractivity contribution in [3.05, 3.63) is 41.5 Å². The molecular formula is C20H25FN6O. The van der Waals surface area contributed by atoms with Crippen molar-refractivity contribution in [1.29, 1.82) is 0 Å². The number of pyridine rings is 2. The molecule has 28 heavy (non-hydrogen) atoms. The maximum atomic E-state index is 14.5. The van der Waals surface area contributed by atoms with E-state index < -0.39 is 11.7 Å². The molecule has 0 aliphatic heterocycles. The van der Waals surface area contributed by atoms with Crippen LogP contribution in [0.25, 0.3) is 0 Å². The van der Waals surface area contributed by atoms with Crippen LogP contribution < -0.4 is 22.1 Å². The van der Waals surface area contributed by atoms with Gasteiger partial charge in [0.05, 0.1) is 17.4 Å². The Hall–Kier alpha value is -2.74. The van der Waals surface area contributed by atoms with E-state index in [0.717, 1.165) is 37.4 Å². The van der Waals surface area contributed by atoms with Crippen molar-refractivity contribution in [3.63, 3.8) is 0 Å². The number of hydrogen-bond donors (Lipinski definition) is 4. The van der Waals surface area contributed by atoms with Gasteiger partial charge in [-0.05, 0) is 43.9 Å². The highest BCUT2D eigenvalue weighted by molar-refractivity contribution is 5.98. The fourth-order valence-corrected chi connectivity index (χ4v) is 3.62. The minimum atomic E-state index is -0.752. The van der Waals surface area contributed by atoms with E-state index in [9.17, 15) is 9.18 Å². The van der Waals surface area contributed by atoms with Crippen LogP contribution in [0, 0.1) is 5.82 Å². The monoisotopic (exact) mass is 384 g/mol. The highest BCUT2D eigenvalue weighted by Gasteiger charge is 2.26. The molecule has 2 fully saturated rings. The smallest absolute Gasteiger partial charge is 0.252 e. The lowest BCUT2D eigenvalue weighted by atomic mass is 9.91. The van der Waals surface area contributed by atoms with E-state index in [0.29, 0.717) is 11.6 Å². The Morgan fingerprint density at radius 2 is 1.93 bits per heavy atom. The Bertz CT molecular complexity index is 868. The van der Waals surface area contributed by atoms with Gasteiger partial charge >= 0.3 is 0 Å². The Balaban J connectivity index is 1.59. The average Bonchev–Trinajstić information content (AvgIpc) is 3.51. The number of amides is 1. The number of nitrogens with two attached hydrogens (primary N) is 2. The summed E-state index contributed by atoms with van der Waals surface area (Å²) in [5.74, 6) is -0.564. The minimum absolute atomic E-state index is 0.0118. The summed E-state index contributed by atoms with van der Waals surface area (Å²) >= 11 is 0. The van der Waals surface area contributed by atoms with E-state index in [-0.39, 0.29) is 29.3 Å². The number of halogens is 1. The minimum Gasteiger partial charge on any atom is -0.365 e. The average molecular weight is 384 g/mol. The predicted octanol–water partition coefficient (Wildman–Crippen LogP) is 3.02. The molecule has 0 saturated heterocycles. The fourth-order valence-electron chi connectivity index (χ4n) is 3.62.